The van der Waals surface area contributed by atoms with Crippen molar-refractivity contribution in [1.82, 2.24) is 14.4 Å². The fourth-order valence-corrected chi connectivity index (χ4v) is 5.83. The number of amides is 1. The molecule has 0 aromatic carbocycles. The number of nitrogens with zero attached hydrogens (tertiary/aromatic N) is 3. The van der Waals surface area contributed by atoms with Gasteiger partial charge in [-0.2, -0.15) is 0 Å². The number of pyridine rings is 1. The maximum atomic E-state index is 13.3. The summed E-state index contributed by atoms with van der Waals surface area (Å²) in [5.74, 6) is 0.503. The summed E-state index contributed by atoms with van der Waals surface area (Å²) >= 11 is 0. The predicted molar refractivity (Wildman–Crippen MR) is 104 cm³/mol. The third-order valence-corrected chi connectivity index (χ3v) is 7.07. The van der Waals surface area contributed by atoms with Crippen molar-refractivity contribution in [3.8, 4) is 0 Å². The van der Waals surface area contributed by atoms with Crippen LogP contribution in [0.5, 0.6) is 0 Å². The molecule has 1 aromatic rings. The molecule has 2 saturated heterocycles. The Hall–Kier alpha value is -1.66. The number of carbonyl (C=O) groups excluding carboxylic acids is 1. The van der Waals surface area contributed by atoms with Crippen LogP contribution in [0.15, 0.2) is 16.9 Å². The highest BCUT2D eigenvalue weighted by Gasteiger charge is 2.63. The number of likely N-dealkylation sites (tertiary alicyclic amines) is 1. The number of ether oxygens (including phenoxy) is 1. The normalized spacial score (nSPS) is 30.1. The Morgan fingerprint density at radius 3 is 2.63 bits per heavy atom. The van der Waals surface area contributed by atoms with E-state index in [0.717, 1.165) is 58.1 Å². The van der Waals surface area contributed by atoms with Gasteiger partial charge in [-0.25, -0.2) is 0 Å². The van der Waals surface area contributed by atoms with Crippen LogP contribution < -0.4 is 5.43 Å². The first-order valence-electron chi connectivity index (χ1n) is 9.99. The van der Waals surface area contributed by atoms with Crippen molar-refractivity contribution in [3.05, 3.63) is 33.7 Å². The summed E-state index contributed by atoms with van der Waals surface area (Å²) in [5.41, 5.74) is 1.66. The van der Waals surface area contributed by atoms with Crippen LogP contribution >= 0.6 is 0 Å². The van der Waals surface area contributed by atoms with Crippen LogP contribution in [0, 0.1) is 23.7 Å². The van der Waals surface area contributed by atoms with Crippen LogP contribution in [0.25, 0.3) is 0 Å². The van der Waals surface area contributed by atoms with E-state index in [9.17, 15) is 9.59 Å². The van der Waals surface area contributed by atoms with E-state index < -0.39 is 0 Å². The molecule has 2 aliphatic heterocycles. The first kappa shape index (κ1) is 18.7. The molecule has 27 heavy (non-hydrogen) atoms. The maximum absolute atomic E-state index is 13.3. The van der Waals surface area contributed by atoms with Crippen LogP contribution in [0.3, 0.4) is 0 Å². The van der Waals surface area contributed by atoms with Crippen molar-refractivity contribution >= 4 is 5.91 Å². The second-order valence-corrected chi connectivity index (χ2v) is 9.43. The number of rotatable bonds is 3. The minimum absolute atomic E-state index is 0.00940. The summed E-state index contributed by atoms with van der Waals surface area (Å²) in [4.78, 5) is 29.7. The molecule has 2 atom stereocenters. The zero-order valence-corrected chi connectivity index (χ0v) is 17.0. The molecule has 1 aliphatic carbocycles. The number of hydrogen-bond acceptors (Lipinski definition) is 4. The van der Waals surface area contributed by atoms with Crippen LogP contribution in [-0.2, 0) is 11.8 Å². The quantitative estimate of drug-likeness (QED) is 0.806. The summed E-state index contributed by atoms with van der Waals surface area (Å²) in [6, 6.07) is 3.06. The molecule has 3 heterocycles. The molecule has 148 valence electrons. The molecule has 0 bridgehead atoms. The third-order valence-electron chi connectivity index (χ3n) is 7.07. The maximum Gasteiger partial charge on any atom is 0.270 e. The zero-order chi connectivity index (χ0) is 19.4. The van der Waals surface area contributed by atoms with Crippen molar-refractivity contribution in [3.63, 3.8) is 0 Å². The van der Waals surface area contributed by atoms with E-state index in [1.165, 1.54) is 6.07 Å². The Bertz CT molecular complexity index is 809. The van der Waals surface area contributed by atoms with Gasteiger partial charge in [-0.3, -0.25) is 14.5 Å². The molecule has 0 spiro atoms. The fraction of sp³-hybridized carbons (Fsp3) is 0.714. The van der Waals surface area contributed by atoms with E-state index in [1.807, 2.05) is 23.4 Å². The summed E-state index contributed by atoms with van der Waals surface area (Å²) in [6.07, 6.45) is 1.15. The number of carbonyl (C=O) groups is 1. The lowest BCUT2D eigenvalue weighted by atomic mass is 9.48. The first-order valence-corrected chi connectivity index (χ1v) is 9.99. The highest BCUT2D eigenvalue weighted by atomic mass is 16.5. The minimum Gasteiger partial charge on any atom is -0.379 e. The second kappa shape index (κ2) is 6.45. The van der Waals surface area contributed by atoms with Gasteiger partial charge < -0.3 is 14.2 Å². The Balaban J connectivity index is 1.57. The van der Waals surface area contributed by atoms with Crippen molar-refractivity contribution in [2.45, 2.75) is 27.2 Å². The van der Waals surface area contributed by atoms with Gasteiger partial charge in [0.05, 0.1) is 13.2 Å². The molecule has 6 nitrogen and oxygen atoms in total. The highest BCUT2D eigenvalue weighted by molar-refractivity contribution is 5.93. The lowest BCUT2D eigenvalue weighted by molar-refractivity contribution is -0.0966. The number of morpholine rings is 1. The Morgan fingerprint density at radius 1 is 1.26 bits per heavy atom. The molecular weight excluding hydrogens is 342 g/mol. The van der Waals surface area contributed by atoms with Gasteiger partial charge >= 0.3 is 0 Å². The van der Waals surface area contributed by atoms with Gasteiger partial charge in [0.2, 0.25) is 0 Å². The molecule has 6 heteroatoms. The Morgan fingerprint density at radius 2 is 1.96 bits per heavy atom. The predicted octanol–water partition coefficient (Wildman–Crippen LogP) is 1.51. The van der Waals surface area contributed by atoms with Gasteiger partial charge in [0.1, 0.15) is 5.69 Å². The molecule has 0 unspecified atom stereocenters. The van der Waals surface area contributed by atoms with Crippen LogP contribution in [-0.4, -0.2) is 66.2 Å². The van der Waals surface area contributed by atoms with Gasteiger partial charge in [-0.1, -0.05) is 13.8 Å². The fourth-order valence-electron chi connectivity index (χ4n) is 5.83. The minimum atomic E-state index is -0.0977. The highest BCUT2D eigenvalue weighted by Crippen LogP contribution is 2.63. The van der Waals surface area contributed by atoms with Crippen molar-refractivity contribution in [2.75, 3.05) is 45.9 Å². The average molecular weight is 373 g/mol. The van der Waals surface area contributed by atoms with Crippen LogP contribution in [0.1, 0.15) is 36.5 Å². The van der Waals surface area contributed by atoms with E-state index in [4.69, 9.17) is 4.74 Å². The standard InChI is InChI=1S/C21H31N3O3/c1-15-9-16(25)10-17(22(15)4)19(26)24-11-18-20(2,3)12-21(18,14-24)13-23-5-7-27-8-6-23/h9-10,18H,5-8,11-14H2,1-4H3/t18-,21+/m1/s1. The summed E-state index contributed by atoms with van der Waals surface area (Å²) in [6.45, 7) is 12.7. The lowest BCUT2D eigenvalue weighted by Crippen LogP contribution is -2.59. The van der Waals surface area contributed by atoms with E-state index >= 15 is 0 Å². The largest absolute Gasteiger partial charge is 0.379 e. The van der Waals surface area contributed by atoms with Crippen molar-refractivity contribution in [1.29, 1.82) is 0 Å². The molecule has 3 aliphatic rings. The molecule has 4 rings (SSSR count). The molecule has 0 radical (unpaired) electrons. The number of aromatic nitrogens is 1. The number of fused-ring (bicyclic) bond motifs is 1. The van der Waals surface area contributed by atoms with E-state index in [2.05, 4.69) is 18.7 Å². The lowest BCUT2D eigenvalue weighted by Gasteiger charge is -2.58. The van der Waals surface area contributed by atoms with Gasteiger partial charge in [-0.15, -0.1) is 0 Å². The SMILES string of the molecule is Cc1cc(=O)cc(C(=O)N2C[C@@H]3C(C)(C)C[C@]3(CN3CCOCC3)C2)n1C. The summed E-state index contributed by atoms with van der Waals surface area (Å²) in [7, 11) is 1.86. The first-order chi connectivity index (χ1) is 12.7. The molecule has 1 aromatic heterocycles. The van der Waals surface area contributed by atoms with Gasteiger partial charge in [-0.05, 0) is 24.7 Å². The number of aryl methyl sites for hydroxylation is 1. The average Bonchev–Trinajstić information content (AvgIpc) is 2.93. The zero-order valence-electron chi connectivity index (χ0n) is 17.0. The second-order valence-electron chi connectivity index (χ2n) is 9.43. The molecule has 1 amide bonds. The van der Waals surface area contributed by atoms with E-state index in [0.29, 0.717) is 11.6 Å². The smallest absolute Gasteiger partial charge is 0.270 e. The number of hydrogen-bond donors (Lipinski definition) is 0. The van der Waals surface area contributed by atoms with E-state index in [-0.39, 0.29) is 22.2 Å². The van der Waals surface area contributed by atoms with Crippen molar-refractivity contribution < 1.29 is 9.53 Å². The van der Waals surface area contributed by atoms with Gasteiger partial charge in [0.25, 0.3) is 5.91 Å². The topological polar surface area (TPSA) is 54.8 Å². The van der Waals surface area contributed by atoms with E-state index in [1.54, 1.807) is 6.07 Å². The summed E-state index contributed by atoms with van der Waals surface area (Å²) < 4.78 is 7.33. The molecular formula is C21H31N3O3. The van der Waals surface area contributed by atoms with Crippen LogP contribution in [0.4, 0.5) is 0 Å². The van der Waals surface area contributed by atoms with Crippen molar-refractivity contribution in [2.24, 2.45) is 23.8 Å². The monoisotopic (exact) mass is 373 g/mol. The Labute approximate surface area is 161 Å². The van der Waals surface area contributed by atoms with Gasteiger partial charge in [0.15, 0.2) is 5.43 Å². The molecule has 0 N–H and O–H groups in total. The van der Waals surface area contributed by atoms with Gasteiger partial charge in [0, 0.05) is 63.0 Å². The Kier molecular flexibility index (Phi) is 4.47. The molecule has 3 fully saturated rings. The third kappa shape index (κ3) is 3.13. The summed E-state index contributed by atoms with van der Waals surface area (Å²) in [5, 5.41) is 0. The molecule has 1 saturated carbocycles. The van der Waals surface area contributed by atoms with Crippen LogP contribution in [0.2, 0.25) is 0 Å².